The van der Waals surface area contributed by atoms with Crippen molar-refractivity contribution in [3.05, 3.63) is 34.9 Å². The van der Waals surface area contributed by atoms with Gasteiger partial charge in [-0.3, -0.25) is 9.59 Å². The van der Waals surface area contributed by atoms with E-state index >= 15 is 0 Å². The molecule has 7 heteroatoms. The van der Waals surface area contributed by atoms with Crippen LogP contribution in [-0.4, -0.2) is 56.7 Å². The summed E-state index contributed by atoms with van der Waals surface area (Å²) >= 11 is 5.91. The van der Waals surface area contributed by atoms with Gasteiger partial charge in [-0.1, -0.05) is 23.7 Å². The number of halogens is 1. The molecule has 2 atom stereocenters. The molecule has 0 aromatic heterocycles. The van der Waals surface area contributed by atoms with Crippen LogP contribution < -0.4 is 5.32 Å². The van der Waals surface area contributed by atoms with Crippen molar-refractivity contribution in [3.8, 4) is 0 Å². The van der Waals surface area contributed by atoms with Gasteiger partial charge < -0.3 is 19.7 Å². The highest BCUT2D eigenvalue weighted by molar-refractivity contribution is 6.30. The molecular formula is C16H21ClN2O4. The molecule has 0 aliphatic carbocycles. The number of amides is 2. The van der Waals surface area contributed by atoms with Crippen molar-refractivity contribution in [2.45, 2.75) is 18.6 Å². The zero-order chi connectivity index (χ0) is 16.8. The van der Waals surface area contributed by atoms with Gasteiger partial charge in [-0.2, -0.15) is 0 Å². The molecule has 0 saturated carbocycles. The molecule has 1 N–H and O–H groups in total. The van der Waals surface area contributed by atoms with Crippen LogP contribution >= 0.6 is 11.6 Å². The zero-order valence-electron chi connectivity index (χ0n) is 13.3. The number of benzene rings is 1. The predicted molar refractivity (Wildman–Crippen MR) is 86.2 cm³/mol. The van der Waals surface area contributed by atoms with Crippen LogP contribution in [0.1, 0.15) is 18.0 Å². The number of hydrogen-bond acceptors (Lipinski definition) is 4. The number of likely N-dealkylation sites (N-methyl/N-ethyl adjacent to an activating group) is 1. The highest BCUT2D eigenvalue weighted by Gasteiger charge is 2.39. The van der Waals surface area contributed by atoms with Gasteiger partial charge in [0.2, 0.25) is 5.91 Å². The quantitative estimate of drug-likeness (QED) is 0.795. The van der Waals surface area contributed by atoms with Crippen LogP contribution in [-0.2, 0) is 19.1 Å². The molecule has 2 unspecified atom stereocenters. The summed E-state index contributed by atoms with van der Waals surface area (Å²) in [5, 5.41) is 3.42. The van der Waals surface area contributed by atoms with Crippen molar-refractivity contribution in [2.24, 2.45) is 0 Å². The first kappa shape index (κ1) is 17.7. The summed E-state index contributed by atoms with van der Waals surface area (Å²) in [6.07, 6.45) is -0.0311. The number of hydrogen-bond donors (Lipinski definition) is 1. The van der Waals surface area contributed by atoms with Crippen LogP contribution in [0.3, 0.4) is 0 Å². The van der Waals surface area contributed by atoms with Gasteiger partial charge >= 0.3 is 0 Å². The molecule has 23 heavy (non-hydrogen) atoms. The van der Waals surface area contributed by atoms with Crippen molar-refractivity contribution in [2.75, 3.05) is 33.9 Å². The maximum Gasteiger partial charge on any atom is 0.251 e. The molecule has 6 nitrogen and oxygen atoms in total. The van der Waals surface area contributed by atoms with Crippen LogP contribution in [0.5, 0.6) is 0 Å². The number of morpholine rings is 1. The third-order valence-electron chi connectivity index (χ3n) is 3.78. The lowest BCUT2D eigenvalue weighted by molar-refractivity contribution is -0.162. The molecule has 1 aromatic carbocycles. The number of rotatable bonds is 6. The summed E-state index contributed by atoms with van der Waals surface area (Å²) in [6.45, 7) is 0.971. The SMILES string of the molecule is COCCCNC(=O)C1OCC(=O)N(C)C1c1ccc(Cl)cc1. The van der Waals surface area contributed by atoms with E-state index in [1.165, 1.54) is 0 Å². The predicted octanol–water partition coefficient (Wildman–Crippen LogP) is 1.39. The number of nitrogens with one attached hydrogen (secondary N) is 1. The fraction of sp³-hybridized carbons (Fsp3) is 0.500. The van der Waals surface area contributed by atoms with Crippen molar-refractivity contribution in [1.29, 1.82) is 0 Å². The summed E-state index contributed by atoms with van der Waals surface area (Å²) in [6, 6.07) is 6.60. The Bertz CT molecular complexity index is 550. The van der Waals surface area contributed by atoms with Crippen LogP contribution in [0.25, 0.3) is 0 Å². The number of nitrogens with zero attached hydrogens (tertiary/aromatic N) is 1. The zero-order valence-corrected chi connectivity index (χ0v) is 14.0. The summed E-state index contributed by atoms with van der Waals surface area (Å²) in [7, 11) is 3.29. The summed E-state index contributed by atoms with van der Waals surface area (Å²) < 4.78 is 10.5. The first-order valence-corrected chi connectivity index (χ1v) is 7.81. The molecule has 1 saturated heterocycles. The van der Waals surface area contributed by atoms with Crippen LogP contribution in [0.4, 0.5) is 0 Å². The molecule has 1 fully saturated rings. The lowest BCUT2D eigenvalue weighted by atomic mass is 9.97. The Hall–Kier alpha value is -1.63. The third-order valence-corrected chi connectivity index (χ3v) is 4.03. The highest BCUT2D eigenvalue weighted by atomic mass is 35.5. The molecule has 0 spiro atoms. The smallest absolute Gasteiger partial charge is 0.251 e. The molecule has 1 aliphatic rings. The Kier molecular flexibility index (Phi) is 6.38. The van der Waals surface area contributed by atoms with E-state index in [1.54, 1.807) is 43.3 Å². The Morgan fingerprint density at radius 2 is 2.13 bits per heavy atom. The number of carbonyl (C=O) groups excluding carboxylic acids is 2. The van der Waals surface area contributed by atoms with E-state index in [2.05, 4.69) is 5.32 Å². The number of methoxy groups -OCH3 is 1. The Balaban J connectivity index is 2.13. The van der Waals surface area contributed by atoms with E-state index in [1.807, 2.05) is 0 Å². The fourth-order valence-electron chi connectivity index (χ4n) is 2.52. The van der Waals surface area contributed by atoms with E-state index in [0.717, 1.165) is 12.0 Å². The van der Waals surface area contributed by atoms with Crippen molar-refractivity contribution < 1.29 is 19.1 Å². The van der Waals surface area contributed by atoms with Gasteiger partial charge in [0.25, 0.3) is 5.91 Å². The van der Waals surface area contributed by atoms with E-state index in [9.17, 15) is 9.59 Å². The minimum Gasteiger partial charge on any atom is -0.385 e. The molecule has 0 bridgehead atoms. The van der Waals surface area contributed by atoms with Gasteiger partial charge in [0.05, 0.1) is 6.04 Å². The van der Waals surface area contributed by atoms with Crippen LogP contribution in [0.2, 0.25) is 5.02 Å². The van der Waals surface area contributed by atoms with Gasteiger partial charge in [-0.25, -0.2) is 0 Å². The molecule has 2 rings (SSSR count). The minimum absolute atomic E-state index is 0.100. The maximum atomic E-state index is 12.4. The normalized spacial score (nSPS) is 21.3. The number of carbonyl (C=O) groups is 2. The monoisotopic (exact) mass is 340 g/mol. The molecule has 1 aromatic rings. The topological polar surface area (TPSA) is 67.9 Å². The van der Waals surface area contributed by atoms with Crippen LogP contribution in [0.15, 0.2) is 24.3 Å². The van der Waals surface area contributed by atoms with E-state index in [-0.39, 0.29) is 18.4 Å². The third kappa shape index (κ3) is 4.43. The standard InChI is InChI=1S/C16H21ClN2O4/c1-19-13(20)10-23-15(16(21)18-8-3-9-22-2)14(19)11-4-6-12(17)7-5-11/h4-7,14-15H,3,8-10H2,1-2H3,(H,18,21). The van der Waals surface area contributed by atoms with Gasteiger partial charge in [-0.15, -0.1) is 0 Å². The Labute approximate surface area is 140 Å². The molecule has 0 radical (unpaired) electrons. The molecular weight excluding hydrogens is 320 g/mol. The minimum atomic E-state index is -0.749. The second kappa shape index (κ2) is 8.29. The maximum absolute atomic E-state index is 12.4. The van der Waals surface area contributed by atoms with Crippen molar-refractivity contribution in [3.63, 3.8) is 0 Å². The number of ether oxygens (including phenoxy) is 2. The summed E-state index contributed by atoms with van der Waals surface area (Å²) in [5.74, 6) is -0.395. The summed E-state index contributed by atoms with van der Waals surface area (Å²) in [4.78, 5) is 25.9. The van der Waals surface area contributed by atoms with Gasteiger partial charge in [0.15, 0.2) is 6.10 Å². The Morgan fingerprint density at radius 1 is 1.43 bits per heavy atom. The molecule has 1 aliphatic heterocycles. The first-order valence-electron chi connectivity index (χ1n) is 7.44. The molecule has 1 heterocycles. The second-order valence-electron chi connectivity index (χ2n) is 5.37. The average molecular weight is 341 g/mol. The van der Waals surface area contributed by atoms with Crippen molar-refractivity contribution in [1.82, 2.24) is 10.2 Å². The van der Waals surface area contributed by atoms with E-state index in [4.69, 9.17) is 21.1 Å². The lowest BCUT2D eigenvalue weighted by Gasteiger charge is -2.38. The van der Waals surface area contributed by atoms with Gasteiger partial charge in [-0.05, 0) is 24.1 Å². The second-order valence-corrected chi connectivity index (χ2v) is 5.81. The van der Waals surface area contributed by atoms with Crippen LogP contribution in [0, 0.1) is 0 Å². The van der Waals surface area contributed by atoms with Crippen molar-refractivity contribution >= 4 is 23.4 Å². The average Bonchev–Trinajstić information content (AvgIpc) is 2.55. The fourth-order valence-corrected chi connectivity index (χ4v) is 2.64. The molecule has 126 valence electrons. The van der Waals surface area contributed by atoms with Gasteiger partial charge in [0, 0.05) is 32.3 Å². The lowest BCUT2D eigenvalue weighted by Crippen LogP contribution is -2.53. The molecule has 2 amide bonds. The van der Waals surface area contributed by atoms with E-state index in [0.29, 0.717) is 18.2 Å². The summed E-state index contributed by atoms with van der Waals surface area (Å²) in [5.41, 5.74) is 0.807. The largest absolute Gasteiger partial charge is 0.385 e. The highest BCUT2D eigenvalue weighted by Crippen LogP contribution is 2.30. The first-order chi connectivity index (χ1) is 11.0. The van der Waals surface area contributed by atoms with Gasteiger partial charge in [0.1, 0.15) is 6.61 Å². The van der Waals surface area contributed by atoms with E-state index < -0.39 is 12.1 Å². The Morgan fingerprint density at radius 3 is 2.78 bits per heavy atom.